The molecule has 0 spiro atoms. The number of ketones is 2. The average Bonchev–Trinajstić information content (AvgIpc) is 2.39. The molecule has 0 aliphatic carbocycles. The summed E-state index contributed by atoms with van der Waals surface area (Å²) in [5.41, 5.74) is 0. The largest absolute Gasteiger partial charge is 0.300 e. The lowest BCUT2D eigenvalue weighted by Gasteiger charge is -2.40. The van der Waals surface area contributed by atoms with Crippen molar-refractivity contribution in [3.05, 3.63) is 0 Å². The SMILES string of the molecule is CCCCS(=O)(=O)OS1(CC(=O)C(C)C)CCC(=O)CC1. The molecule has 124 valence electrons. The molecule has 0 amide bonds. The quantitative estimate of drug-likeness (QED) is 0.679. The van der Waals surface area contributed by atoms with Gasteiger partial charge in [0.1, 0.15) is 11.6 Å². The summed E-state index contributed by atoms with van der Waals surface area (Å²) >= 11 is 0. The maximum Gasteiger partial charge on any atom is 0.276 e. The summed E-state index contributed by atoms with van der Waals surface area (Å²) in [5.74, 6) is 0.945. The minimum absolute atomic E-state index is 0.0118. The third-order valence-corrected chi connectivity index (χ3v) is 9.03. The van der Waals surface area contributed by atoms with Gasteiger partial charge in [0.15, 0.2) is 0 Å². The van der Waals surface area contributed by atoms with E-state index in [4.69, 9.17) is 3.63 Å². The first-order valence-electron chi connectivity index (χ1n) is 7.44. The van der Waals surface area contributed by atoms with Gasteiger partial charge >= 0.3 is 0 Å². The second-order valence-electron chi connectivity index (χ2n) is 5.86. The van der Waals surface area contributed by atoms with Gasteiger partial charge in [-0.3, -0.25) is 9.59 Å². The maximum atomic E-state index is 12.1. The first-order valence-corrected chi connectivity index (χ1v) is 11.1. The molecule has 1 aliphatic heterocycles. The number of hydrogen-bond donors (Lipinski definition) is 0. The Labute approximate surface area is 129 Å². The van der Waals surface area contributed by atoms with Crippen LogP contribution in [0, 0.1) is 5.92 Å². The molecular weight excluding hydrogens is 312 g/mol. The summed E-state index contributed by atoms with van der Waals surface area (Å²) in [4.78, 5) is 23.5. The molecule has 0 atom stereocenters. The Morgan fingerprint density at radius 1 is 1.29 bits per heavy atom. The molecule has 0 saturated carbocycles. The molecule has 0 N–H and O–H groups in total. The van der Waals surface area contributed by atoms with Crippen LogP contribution < -0.4 is 0 Å². The van der Waals surface area contributed by atoms with E-state index in [0.717, 1.165) is 6.42 Å². The summed E-state index contributed by atoms with van der Waals surface area (Å²) in [5, 5.41) is 0. The summed E-state index contributed by atoms with van der Waals surface area (Å²) in [6, 6.07) is 0. The first kappa shape index (κ1) is 18.6. The van der Waals surface area contributed by atoms with Gasteiger partial charge < -0.3 is 0 Å². The van der Waals surface area contributed by atoms with Gasteiger partial charge in [0.05, 0.1) is 11.5 Å². The molecule has 1 aliphatic rings. The zero-order valence-electron chi connectivity index (χ0n) is 13.1. The Bertz CT molecular complexity index is 472. The van der Waals surface area contributed by atoms with Gasteiger partial charge in [-0.2, -0.15) is 8.42 Å². The molecule has 0 aromatic carbocycles. The Balaban J connectivity index is 2.87. The van der Waals surface area contributed by atoms with Crippen LogP contribution in [-0.2, 0) is 23.3 Å². The molecule has 7 heteroatoms. The van der Waals surface area contributed by atoms with E-state index < -0.39 is 20.4 Å². The third kappa shape index (κ3) is 6.08. The van der Waals surface area contributed by atoms with Crippen molar-refractivity contribution in [3.8, 4) is 0 Å². The van der Waals surface area contributed by atoms with E-state index in [2.05, 4.69) is 0 Å². The van der Waals surface area contributed by atoms with Crippen molar-refractivity contribution in [2.45, 2.75) is 46.5 Å². The van der Waals surface area contributed by atoms with Gasteiger partial charge in [-0.25, -0.2) is 3.63 Å². The predicted molar refractivity (Wildman–Crippen MR) is 86.1 cm³/mol. The second-order valence-corrected chi connectivity index (χ2v) is 11.0. The fraction of sp³-hybridized carbons (Fsp3) is 0.857. The predicted octanol–water partition coefficient (Wildman–Crippen LogP) is 2.44. The molecule has 1 fully saturated rings. The fourth-order valence-corrected chi connectivity index (χ4v) is 8.02. The van der Waals surface area contributed by atoms with Crippen molar-refractivity contribution in [3.63, 3.8) is 0 Å². The van der Waals surface area contributed by atoms with Crippen LogP contribution in [-0.4, -0.2) is 43.0 Å². The van der Waals surface area contributed by atoms with E-state index in [-0.39, 0.29) is 29.0 Å². The van der Waals surface area contributed by atoms with Crippen LogP contribution in [0.4, 0.5) is 0 Å². The van der Waals surface area contributed by atoms with Gasteiger partial charge in [0, 0.05) is 30.3 Å². The van der Waals surface area contributed by atoms with Gasteiger partial charge in [0.25, 0.3) is 10.1 Å². The van der Waals surface area contributed by atoms with Crippen molar-refractivity contribution >= 4 is 32.0 Å². The van der Waals surface area contributed by atoms with E-state index in [9.17, 15) is 18.0 Å². The number of Topliss-reactive ketones (excluding diaryl/α,β-unsaturated/α-hetero) is 2. The zero-order valence-corrected chi connectivity index (χ0v) is 14.7. The molecule has 0 aromatic rings. The number of rotatable bonds is 8. The first-order chi connectivity index (χ1) is 9.70. The third-order valence-electron chi connectivity index (χ3n) is 3.55. The van der Waals surface area contributed by atoms with Gasteiger partial charge in [-0.05, 0) is 6.42 Å². The van der Waals surface area contributed by atoms with E-state index in [1.54, 1.807) is 13.8 Å². The summed E-state index contributed by atoms with van der Waals surface area (Å²) < 4.78 is 29.7. The van der Waals surface area contributed by atoms with E-state index in [1.165, 1.54) is 0 Å². The maximum absolute atomic E-state index is 12.1. The van der Waals surface area contributed by atoms with Crippen molar-refractivity contribution < 1.29 is 21.6 Å². The summed E-state index contributed by atoms with van der Waals surface area (Å²) in [7, 11) is -5.64. The Hall–Kier alpha value is -0.400. The lowest BCUT2D eigenvalue weighted by molar-refractivity contribution is -0.120. The molecule has 5 nitrogen and oxygen atoms in total. The topological polar surface area (TPSA) is 77.5 Å². The molecule has 0 bridgehead atoms. The van der Waals surface area contributed by atoms with Crippen LogP contribution in [0.3, 0.4) is 0 Å². The second kappa shape index (κ2) is 7.74. The van der Waals surface area contributed by atoms with Crippen molar-refractivity contribution in [2.24, 2.45) is 5.92 Å². The Morgan fingerprint density at radius 3 is 2.33 bits per heavy atom. The highest BCUT2D eigenvalue weighted by Gasteiger charge is 2.37. The van der Waals surface area contributed by atoms with Crippen LogP contribution in [0.15, 0.2) is 0 Å². The minimum atomic E-state index is -3.62. The molecular formula is C14H26O5S2. The number of carbonyl (C=O) groups is 2. The molecule has 1 saturated heterocycles. The van der Waals surface area contributed by atoms with Crippen LogP contribution >= 0.6 is 10.3 Å². The number of unbranched alkanes of at least 4 members (excludes halogenated alkanes) is 1. The monoisotopic (exact) mass is 338 g/mol. The molecule has 0 radical (unpaired) electrons. The Kier molecular flexibility index (Phi) is 6.87. The van der Waals surface area contributed by atoms with E-state index >= 15 is 0 Å². The molecule has 0 unspecified atom stereocenters. The summed E-state index contributed by atoms with van der Waals surface area (Å²) in [6.45, 7) is 5.52. The average molecular weight is 338 g/mol. The highest BCUT2D eigenvalue weighted by Crippen LogP contribution is 2.54. The fourth-order valence-electron chi connectivity index (χ4n) is 2.06. The standard InChI is InChI=1S/C14H26O5S2/c1-4-5-8-21(17,18)19-20(11-14(16)12(2)3)9-6-13(15)7-10-20/h12H,4-11H2,1-3H3. The lowest BCUT2D eigenvalue weighted by Crippen LogP contribution is -2.32. The molecule has 21 heavy (non-hydrogen) atoms. The van der Waals surface area contributed by atoms with Crippen LogP contribution in [0.1, 0.15) is 46.5 Å². The minimum Gasteiger partial charge on any atom is -0.300 e. The number of carbonyl (C=O) groups excluding carboxylic acids is 2. The van der Waals surface area contributed by atoms with Crippen molar-refractivity contribution in [1.29, 1.82) is 0 Å². The van der Waals surface area contributed by atoms with Crippen molar-refractivity contribution in [2.75, 3.05) is 23.0 Å². The van der Waals surface area contributed by atoms with E-state index in [1.807, 2.05) is 6.92 Å². The molecule has 1 rings (SSSR count). The van der Waals surface area contributed by atoms with E-state index in [0.29, 0.717) is 30.8 Å². The van der Waals surface area contributed by atoms with Crippen molar-refractivity contribution in [1.82, 2.24) is 0 Å². The molecule has 0 aromatic heterocycles. The van der Waals surface area contributed by atoms with Gasteiger partial charge in [0.2, 0.25) is 0 Å². The van der Waals surface area contributed by atoms with Crippen LogP contribution in [0.2, 0.25) is 0 Å². The Morgan fingerprint density at radius 2 is 1.86 bits per heavy atom. The number of hydrogen-bond acceptors (Lipinski definition) is 5. The highest BCUT2D eigenvalue weighted by atomic mass is 32.3. The van der Waals surface area contributed by atoms with Gasteiger partial charge in [-0.1, -0.05) is 27.2 Å². The zero-order chi connectivity index (χ0) is 16.1. The normalized spacial score (nSPS) is 20.5. The van der Waals surface area contributed by atoms with Crippen LogP contribution in [0.25, 0.3) is 0 Å². The highest BCUT2D eigenvalue weighted by molar-refractivity contribution is 8.33. The van der Waals surface area contributed by atoms with Crippen LogP contribution in [0.5, 0.6) is 0 Å². The summed E-state index contributed by atoms with van der Waals surface area (Å²) in [6.07, 6.45) is 1.97. The lowest BCUT2D eigenvalue weighted by atomic mass is 10.1. The molecule has 1 heterocycles. The smallest absolute Gasteiger partial charge is 0.276 e. The van der Waals surface area contributed by atoms with Gasteiger partial charge in [-0.15, -0.1) is 10.3 Å².